The van der Waals surface area contributed by atoms with E-state index >= 15 is 0 Å². The molecule has 3 nitrogen and oxygen atoms in total. The van der Waals surface area contributed by atoms with E-state index in [1.54, 1.807) is 5.57 Å². The van der Waals surface area contributed by atoms with Crippen LogP contribution in [0.15, 0.2) is 23.0 Å². The van der Waals surface area contributed by atoms with Crippen molar-refractivity contribution in [2.24, 2.45) is 40.4 Å². The summed E-state index contributed by atoms with van der Waals surface area (Å²) in [5, 5.41) is 19.6. The van der Waals surface area contributed by atoms with E-state index in [4.69, 9.17) is 4.74 Å². The summed E-state index contributed by atoms with van der Waals surface area (Å²) in [5.41, 5.74) is 3.78. The van der Waals surface area contributed by atoms with E-state index in [0.717, 1.165) is 43.4 Å². The first-order valence-electron chi connectivity index (χ1n) is 12.6. The van der Waals surface area contributed by atoms with Gasteiger partial charge in [0.2, 0.25) is 0 Å². The fourth-order valence-corrected chi connectivity index (χ4v) is 8.69. The minimum atomic E-state index is -0.117. The van der Waals surface area contributed by atoms with Crippen molar-refractivity contribution in [2.45, 2.75) is 97.7 Å². The number of rotatable bonds is 4. The molecule has 2 N–H and O–H groups in total. The molecule has 30 heavy (non-hydrogen) atoms. The van der Waals surface area contributed by atoms with Crippen LogP contribution in [0.25, 0.3) is 0 Å². The molecule has 9 atom stereocenters. The second-order valence-electron chi connectivity index (χ2n) is 12.0. The Morgan fingerprint density at radius 3 is 2.77 bits per heavy atom. The van der Waals surface area contributed by atoms with Gasteiger partial charge in [0.1, 0.15) is 6.10 Å². The molecule has 0 aromatic rings. The summed E-state index contributed by atoms with van der Waals surface area (Å²) in [7, 11) is 0. The molecule has 0 aromatic heterocycles. The summed E-state index contributed by atoms with van der Waals surface area (Å²) in [6.07, 6.45) is 13.0. The van der Waals surface area contributed by atoms with Gasteiger partial charge in [0.15, 0.2) is 0 Å². The summed E-state index contributed by atoms with van der Waals surface area (Å²) in [5.74, 6) is 4.52. The van der Waals surface area contributed by atoms with Crippen LogP contribution in [0, 0.1) is 40.4 Å². The van der Waals surface area contributed by atoms with Crippen molar-refractivity contribution in [1.82, 2.24) is 0 Å². The number of fused-ring (bicyclic) bond motifs is 7. The lowest BCUT2D eigenvalue weighted by Crippen LogP contribution is -2.50. The Balaban J connectivity index is 1.38. The van der Waals surface area contributed by atoms with Crippen LogP contribution in [-0.4, -0.2) is 29.0 Å². The van der Waals surface area contributed by atoms with Crippen LogP contribution in [0.4, 0.5) is 0 Å². The van der Waals surface area contributed by atoms with E-state index in [-0.39, 0.29) is 12.7 Å². The maximum absolute atomic E-state index is 10.2. The molecule has 5 aliphatic rings. The van der Waals surface area contributed by atoms with Crippen molar-refractivity contribution < 1.29 is 14.9 Å². The van der Waals surface area contributed by atoms with Crippen LogP contribution in [0.3, 0.4) is 0 Å². The molecule has 4 aliphatic carbocycles. The van der Waals surface area contributed by atoms with Gasteiger partial charge < -0.3 is 14.9 Å². The normalized spacial score (nSPS) is 48.3. The van der Waals surface area contributed by atoms with Gasteiger partial charge >= 0.3 is 0 Å². The van der Waals surface area contributed by atoms with Crippen molar-refractivity contribution >= 4 is 0 Å². The molecule has 1 aliphatic heterocycles. The van der Waals surface area contributed by atoms with E-state index in [0.29, 0.717) is 28.8 Å². The summed E-state index contributed by atoms with van der Waals surface area (Å²) in [4.78, 5) is 0. The largest absolute Gasteiger partial charge is 0.494 e. The van der Waals surface area contributed by atoms with Crippen molar-refractivity contribution in [3.63, 3.8) is 0 Å². The minimum Gasteiger partial charge on any atom is -0.494 e. The third kappa shape index (κ3) is 2.98. The van der Waals surface area contributed by atoms with Crippen LogP contribution < -0.4 is 0 Å². The topological polar surface area (TPSA) is 49.7 Å². The van der Waals surface area contributed by atoms with Gasteiger partial charge in [0.05, 0.1) is 11.9 Å². The predicted molar refractivity (Wildman–Crippen MR) is 120 cm³/mol. The Bertz CT molecular complexity index is 753. The van der Waals surface area contributed by atoms with Gasteiger partial charge in [-0.2, -0.15) is 0 Å². The van der Waals surface area contributed by atoms with E-state index in [1.807, 2.05) is 0 Å². The monoisotopic (exact) mass is 414 g/mol. The lowest BCUT2D eigenvalue weighted by Gasteiger charge is -2.57. The lowest BCUT2D eigenvalue weighted by atomic mass is 9.47. The maximum atomic E-state index is 10.2. The average molecular weight is 415 g/mol. The molecule has 0 saturated heterocycles. The third-order valence-electron chi connectivity index (χ3n) is 10.5. The molecule has 0 amide bonds. The van der Waals surface area contributed by atoms with E-state index in [2.05, 4.69) is 33.8 Å². The van der Waals surface area contributed by atoms with Gasteiger partial charge in [-0.25, -0.2) is 0 Å². The molecule has 3 heteroatoms. The van der Waals surface area contributed by atoms with Gasteiger partial charge in [-0.3, -0.25) is 0 Å². The van der Waals surface area contributed by atoms with Gasteiger partial charge in [-0.05, 0) is 98.4 Å². The Morgan fingerprint density at radius 1 is 1.20 bits per heavy atom. The molecule has 6 unspecified atom stereocenters. The van der Waals surface area contributed by atoms with Gasteiger partial charge in [-0.1, -0.05) is 32.4 Å². The minimum absolute atomic E-state index is 0.117. The SMILES string of the molecule is CC1=C(CCC(C)CO)OC2CC3C4CC=C5C[C@@H](O)CC[C@]5(C)C4CC[C@]3(C)C12. The Labute approximate surface area is 183 Å². The molecule has 0 bridgehead atoms. The number of aliphatic hydroxyl groups excluding tert-OH is 2. The van der Waals surface area contributed by atoms with Crippen LogP contribution in [-0.2, 0) is 4.74 Å². The lowest BCUT2D eigenvalue weighted by molar-refractivity contribution is -0.0454. The van der Waals surface area contributed by atoms with Crippen molar-refractivity contribution in [2.75, 3.05) is 6.61 Å². The maximum Gasteiger partial charge on any atom is 0.106 e. The highest BCUT2D eigenvalue weighted by atomic mass is 16.5. The van der Waals surface area contributed by atoms with Crippen molar-refractivity contribution in [3.05, 3.63) is 23.0 Å². The molecule has 3 fully saturated rings. The summed E-state index contributed by atoms with van der Waals surface area (Å²) < 4.78 is 6.62. The molecule has 3 saturated carbocycles. The summed E-state index contributed by atoms with van der Waals surface area (Å²) in [6, 6.07) is 0. The summed E-state index contributed by atoms with van der Waals surface area (Å²) >= 11 is 0. The Morgan fingerprint density at radius 2 is 2.00 bits per heavy atom. The molecule has 0 aromatic carbocycles. The highest BCUT2D eigenvalue weighted by molar-refractivity contribution is 5.30. The predicted octanol–water partition coefficient (Wildman–Crippen LogP) is 5.62. The van der Waals surface area contributed by atoms with Crippen LogP contribution >= 0.6 is 0 Å². The Hall–Kier alpha value is -0.800. The average Bonchev–Trinajstić information content (AvgIpc) is 3.20. The highest BCUT2D eigenvalue weighted by Crippen LogP contribution is 2.68. The molecule has 0 radical (unpaired) electrons. The van der Waals surface area contributed by atoms with Gasteiger partial charge in [0, 0.05) is 18.9 Å². The smallest absolute Gasteiger partial charge is 0.106 e. The summed E-state index contributed by atoms with van der Waals surface area (Å²) in [6.45, 7) is 9.83. The zero-order chi connectivity index (χ0) is 21.3. The van der Waals surface area contributed by atoms with Gasteiger partial charge in [0.25, 0.3) is 0 Å². The molecular formula is C27H42O3. The third-order valence-corrected chi connectivity index (χ3v) is 10.5. The zero-order valence-electron chi connectivity index (χ0n) is 19.5. The number of allylic oxidation sites excluding steroid dienone is 2. The van der Waals surface area contributed by atoms with E-state index < -0.39 is 0 Å². The number of aliphatic hydroxyl groups is 2. The van der Waals surface area contributed by atoms with Crippen LogP contribution in [0.5, 0.6) is 0 Å². The first kappa shape index (κ1) is 21.1. The molecule has 1 heterocycles. The van der Waals surface area contributed by atoms with Crippen LogP contribution in [0.1, 0.15) is 85.5 Å². The van der Waals surface area contributed by atoms with E-state index in [1.165, 1.54) is 43.4 Å². The molecule has 5 rings (SSSR count). The fourth-order valence-electron chi connectivity index (χ4n) is 8.69. The van der Waals surface area contributed by atoms with Crippen molar-refractivity contribution in [3.8, 4) is 0 Å². The first-order chi connectivity index (χ1) is 14.3. The zero-order valence-corrected chi connectivity index (χ0v) is 19.5. The highest BCUT2D eigenvalue weighted by Gasteiger charge is 2.63. The van der Waals surface area contributed by atoms with Crippen LogP contribution in [0.2, 0.25) is 0 Å². The molecular weight excluding hydrogens is 372 g/mol. The fraction of sp³-hybridized carbons (Fsp3) is 0.852. The second-order valence-corrected chi connectivity index (χ2v) is 12.0. The molecule has 168 valence electrons. The number of ether oxygens (including phenoxy) is 1. The Kier molecular flexibility index (Phi) is 5.18. The standard InChI is InChI=1S/C27H42O3/c1-16(15-28)5-8-23-17(2)25-24(30-23)14-22-20-7-6-18-13-19(29)9-11-26(18,3)21(20)10-12-27(22,25)4/h6,16,19-22,24-25,28-29H,5,7-15H2,1-4H3/t16?,19-,20?,21?,22?,24?,25?,26-,27-/m0/s1. The van der Waals surface area contributed by atoms with Crippen molar-refractivity contribution in [1.29, 1.82) is 0 Å². The second kappa shape index (κ2) is 7.37. The number of hydrogen-bond acceptors (Lipinski definition) is 3. The quantitative estimate of drug-likeness (QED) is 0.587. The van der Waals surface area contributed by atoms with E-state index in [9.17, 15) is 10.2 Å². The number of hydrogen-bond donors (Lipinski definition) is 2. The van der Waals surface area contributed by atoms with Gasteiger partial charge in [-0.15, -0.1) is 0 Å². The first-order valence-corrected chi connectivity index (χ1v) is 12.6. The molecule has 0 spiro atoms.